The van der Waals surface area contributed by atoms with E-state index in [1.165, 1.54) is 11.0 Å². The second-order valence-electron chi connectivity index (χ2n) is 11.0. The molecule has 11 heteroatoms. The fourth-order valence-electron chi connectivity index (χ4n) is 4.07. The van der Waals surface area contributed by atoms with Gasteiger partial charge in [-0.25, -0.2) is 4.79 Å². The number of piperidine rings is 1. The van der Waals surface area contributed by atoms with Crippen molar-refractivity contribution >= 4 is 35.3 Å². The standard InChI is InChI=1S/C27H45N5O6/c1-8-12-18(21(34)24(36)28-14-9-2)30-23(35)19-13-10-11-15-32(19)25(37)22(27(5,6)7)31-26(38)29-16-20(33)17(3)4/h9,17-19,22H,2,8,10-16H2,1,3-7H3,(H,28,36)(H,30,35)(H2,29,31,38). The second kappa shape index (κ2) is 15.2. The molecule has 0 spiro atoms. The Morgan fingerprint density at radius 3 is 2.24 bits per heavy atom. The molecule has 0 radical (unpaired) electrons. The van der Waals surface area contributed by atoms with Crippen LogP contribution < -0.4 is 21.3 Å². The van der Waals surface area contributed by atoms with Crippen LogP contribution in [0.1, 0.15) is 73.6 Å². The Bertz CT molecular complexity index is 895. The van der Waals surface area contributed by atoms with Crippen LogP contribution >= 0.6 is 0 Å². The molecule has 1 aliphatic rings. The second-order valence-corrected chi connectivity index (χ2v) is 11.0. The molecule has 11 nitrogen and oxygen atoms in total. The van der Waals surface area contributed by atoms with E-state index in [2.05, 4.69) is 27.8 Å². The highest BCUT2D eigenvalue weighted by molar-refractivity contribution is 6.38. The van der Waals surface area contributed by atoms with Gasteiger partial charge >= 0.3 is 6.03 Å². The van der Waals surface area contributed by atoms with Crippen LogP contribution in [0.25, 0.3) is 0 Å². The van der Waals surface area contributed by atoms with E-state index in [9.17, 15) is 28.8 Å². The van der Waals surface area contributed by atoms with E-state index in [0.29, 0.717) is 32.2 Å². The van der Waals surface area contributed by atoms with Crippen molar-refractivity contribution in [2.45, 2.75) is 91.8 Å². The van der Waals surface area contributed by atoms with Gasteiger partial charge in [0.1, 0.15) is 12.1 Å². The third-order valence-electron chi connectivity index (χ3n) is 6.39. The summed E-state index contributed by atoms with van der Waals surface area (Å²) in [5.74, 6) is -2.87. The lowest BCUT2D eigenvalue weighted by molar-refractivity contribution is -0.147. The molecule has 1 fully saturated rings. The summed E-state index contributed by atoms with van der Waals surface area (Å²) in [7, 11) is 0. The summed E-state index contributed by atoms with van der Waals surface area (Å²) in [6.07, 6.45) is 4.06. The van der Waals surface area contributed by atoms with E-state index >= 15 is 0 Å². The third-order valence-corrected chi connectivity index (χ3v) is 6.39. The zero-order valence-electron chi connectivity index (χ0n) is 23.6. The van der Waals surface area contributed by atoms with Crippen molar-refractivity contribution in [1.29, 1.82) is 0 Å². The average Bonchev–Trinajstić information content (AvgIpc) is 2.86. The van der Waals surface area contributed by atoms with Crippen LogP contribution in [-0.2, 0) is 24.0 Å². The van der Waals surface area contributed by atoms with Gasteiger partial charge in [-0.1, -0.05) is 54.0 Å². The molecule has 0 aliphatic carbocycles. The Morgan fingerprint density at radius 1 is 1.03 bits per heavy atom. The third kappa shape index (κ3) is 9.90. The quantitative estimate of drug-likeness (QED) is 0.207. The molecule has 1 saturated heterocycles. The normalized spacial score (nSPS) is 17.1. The number of amides is 5. The van der Waals surface area contributed by atoms with Crippen molar-refractivity contribution in [3.63, 3.8) is 0 Å². The molecule has 214 valence electrons. The minimum Gasteiger partial charge on any atom is -0.346 e. The summed E-state index contributed by atoms with van der Waals surface area (Å²) in [6, 6.07) is -3.49. The van der Waals surface area contributed by atoms with Gasteiger partial charge in [-0.05, 0) is 31.1 Å². The smallest absolute Gasteiger partial charge is 0.315 e. The largest absolute Gasteiger partial charge is 0.346 e. The summed E-state index contributed by atoms with van der Waals surface area (Å²) >= 11 is 0. The van der Waals surface area contributed by atoms with Gasteiger partial charge in [0, 0.05) is 19.0 Å². The number of rotatable bonds is 13. The van der Waals surface area contributed by atoms with Crippen LogP contribution in [0.3, 0.4) is 0 Å². The lowest BCUT2D eigenvalue weighted by atomic mass is 9.85. The van der Waals surface area contributed by atoms with E-state index in [1.54, 1.807) is 34.6 Å². The van der Waals surface area contributed by atoms with Gasteiger partial charge in [-0.3, -0.25) is 24.0 Å². The number of nitrogens with zero attached hydrogens (tertiary/aromatic N) is 1. The number of carbonyl (C=O) groups is 6. The van der Waals surface area contributed by atoms with E-state index in [1.807, 2.05) is 6.92 Å². The molecule has 1 heterocycles. The Hall–Kier alpha value is -3.24. The van der Waals surface area contributed by atoms with Crippen molar-refractivity contribution < 1.29 is 28.8 Å². The Morgan fingerprint density at radius 2 is 1.68 bits per heavy atom. The minimum atomic E-state index is -1.02. The number of Topliss-reactive ketones (excluding diaryl/α,β-unsaturated/α-hetero) is 2. The van der Waals surface area contributed by atoms with E-state index < -0.39 is 53.1 Å². The fourth-order valence-corrected chi connectivity index (χ4v) is 4.07. The van der Waals surface area contributed by atoms with E-state index in [4.69, 9.17) is 0 Å². The topological polar surface area (TPSA) is 154 Å². The van der Waals surface area contributed by atoms with Gasteiger partial charge in [-0.15, -0.1) is 6.58 Å². The van der Waals surface area contributed by atoms with Crippen LogP contribution in [0.15, 0.2) is 12.7 Å². The van der Waals surface area contributed by atoms with Crippen LogP contribution in [0.4, 0.5) is 4.79 Å². The summed E-state index contributed by atoms with van der Waals surface area (Å²) < 4.78 is 0. The number of hydrogen-bond donors (Lipinski definition) is 4. The van der Waals surface area contributed by atoms with E-state index in [-0.39, 0.29) is 31.2 Å². The Labute approximate surface area is 225 Å². The van der Waals surface area contributed by atoms with Crippen LogP contribution in [0, 0.1) is 11.3 Å². The highest BCUT2D eigenvalue weighted by Gasteiger charge is 2.41. The molecule has 0 aromatic rings. The zero-order chi connectivity index (χ0) is 29.0. The van der Waals surface area contributed by atoms with Crippen LogP contribution in [0.2, 0.25) is 0 Å². The van der Waals surface area contributed by atoms with Gasteiger partial charge in [0.15, 0.2) is 5.78 Å². The van der Waals surface area contributed by atoms with Gasteiger partial charge in [0.25, 0.3) is 5.91 Å². The molecule has 3 atom stereocenters. The molecule has 3 unspecified atom stereocenters. The predicted octanol–water partition coefficient (Wildman–Crippen LogP) is 1.46. The van der Waals surface area contributed by atoms with Crippen molar-refractivity contribution in [2.24, 2.45) is 11.3 Å². The summed E-state index contributed by atoms with van der Waals surface area (Å²) in [6.45, 7) is 14.5. The molecule has 0 saturated carbocycles. The molecule has 0 aromatic heterocycles. The van der Waals surface area contributed by atoms with Gasteiger partial charge in [0.2, 0.25) is 17.6 Å². The minimum absolute atomic E-state index is 0.128. The maximum Gasteiger partial charge on any atom is 0.315 e. The first kappa shape index (κ1) is 32.8. The lowest BCUT2D eigenvalue weighted by Gasteiger charge is -2.40. The first-order valence-electron chi connectivity index (χ1n) is 13.3. The van der Waals surface area contributed by atoms with Crippen molar-refractivity contribution in [3.8, 4) is 0 Å². The van der Waals surface area contributed by atoms with E-state index in [0.717, 1.165) is 0 Å². The molecular formula is C27H45N5O6. The first-order chi connectivity index (χ1) is 17.7. The fraction of sp³-hybridized carbons (Fsp3) is 0.704. The van der Waals surface area contributed by atoms with Gasteiger partial charge in [-0.2, -0.15) is 0 Å². The van der Waals surface area contributed by atoms with Crippen molar-refractivity contribution in [3.05, 3.63) is 12.7 Å². The zero-order valence-corrected chi connectivity index (χ0v) is 23.6. The first-order valence-corrected chi connectivity index (χ1v) is 13.3. The Balaban J connectivity index is 3.06. The number of hydrogen-bond acceptors (Lipinski definition) is 6. The average molecular weight is 536 g/mol. The summed E-state index contributed by atoms with van der Waals surface area (Å²) in [5, 5.41) is 10.3. The number of likely N-dealkylation sites (tertiary alicyclic amines) is 1. The maximum absolute atomic E-state index is 13.7. The molecule has 0 bridgehead atoms. The molecule has 38 heavy (non-hydrogen) atoms. The van der Waals surface area contributed by atoms with Gasteiger partial charge < -0.3 is 26.2 Å². The number of ketones is 2. The lowest BCUT2D eigenvalue weighted by Crippen LogP contribution is -2.62. The maximum atomic E-state index is 13.7. The molecular weight excluding hydrogens is 490 g/mol. The SMILES string of the molecule is C=CCNC(=O)C(=O)C(CCC)NC(=O)C1CCCCN1C(=O)C(NC(=O)NCC(=O)C(C)C)C(C)(C)C. The highest BCUT2D eigenvalue weighted by Crippen LogP contribution is 2.25. The molecule has 1 rings (SSSR count). The monoisotopic (exact) mass is 535 g/mol. The Kier molecular flexibility index (Phi) is 13.1. The number of urea groups is 1. The molecule has 4 N–H and O–H groups in total. The van der Waals surface area contributed by atoms with Gasteiger partial charge in [0.05, 0.1) is 12.6 Å². The molecule has 1 aliphatic heterocycles. The van der Waals surface area contributed by atoms with Crippen LogP contribution in [0.5, 0.6) is 0 Å². The summed E-state index contributed by atoms with van der Waals surface area (Å²) in [4.78, 5) is 77.8. The van der Waals surface area contributed by atoms with Crippen molar-refractivity contribution in [2.75, 3.05) is 19.6 Å². The summed E-state index contributed by atoms with van der Waals surface area (Å²) in [5.41, 5.74) is -0.696. The number of nitrogens with one attached hydrogen (secondary N) is 4. The predicted molar refractivity (Wildman–Crippen MR) is 144 cm³/mol. The van der Waals surface area contributed by atoms with Crippen LogP contribution in [-0.4, -0.2) is 78.0 Å². The molecule has 0 aromatic carbocycles. The highest BCUT2D eigenvalue weighted by atomic mass is 16.2. The molecule has 5 amide bonds. The number of carbonyl (C=O) groups excluding carboxylic acids is 6. The van der Waals surface area contributed by atoms with Crippen molar-refractivity contribution in [1.82, 2.24) is 26.2 Å².